The van der Waals surface area contributed by atoms with Crippen LogP contribution in [0.4, 0.5) is 8.78 Å². The molecule has 1 N–H and O–H groups in total. The van der Waals surface area contributed by atoms with Crippen LogP contribution in [0.15, 0.2) is 67.0 Å². The van der Waals surface area contributed by atoms with Crippen molar-refractivity contribution < 1.29 is 13.6 Å². The van der Waals surface area contributed by atoms with Crippen LogP contribution in [-0.2, 0) is 0 Å². The molecule has 2 aromatic heterocycles. The van der Waals surface area contributed by atoms with Gasteiger partial charge in [-0.15, -0.1) is 0 Å². The van der Waals surface area contributed by atoms with E-state index in [1.807, 2.05) is 62.4 Å². The van der Waals surface area contributed by atoms with Gasteiger partial charge in [-0.05, 0) is 43.2 Å². The second-order valence-electron chi connectivity index (χ2n) is 7.11. The van der Waals surface area contributed by atoms with Crippen LogP contribution in [0.3, 0.4) is 0 Å². The van der Waals surface area contributed by atoms with Crippen molar-refractivity contribution in [3.63, 3.8) is 0 Å². The highest BCUT2D eigenvalue weighted by Gasteiger charge is 2.18. The Hall–Kier alpha value is -3.61. The summed E-state index contributed by atoms with van der Waals surface area (Å²) in [6.45, 7) is 1.07. The molecule has 0 bridgehead atoms. The van der Waals surface area contributed by atoms with E-state index in [0.717, 1.165) is 16.5 Å². The van der Waals surface area contributed by atoms with Crippen LogP contribution >= 0.6 is 0 Å². The Balaban J connectivity index is 1.73. The Bertz CT molecular complexity index is 1220. The monoisotopic (exact) mass is 406 g/mol. The molecule has 0 radical (unpaired) electrons. The minimum Gasteiger partial charge on any atom is -0.345 e. The Morgan fingerprint density at radius 2 is 1.83 bits per heavy atom. The molecular weight excluding hydrogens is 386 g/mol. The molecule has 30 heavy (non-hydrogen) atoms. The second kappa shape index (κ2) is 8.02. The summed E-state index contributed by atoms with van der Waals surface area (Å²) in [5, 5.41) is 7.63. The number of aromatic nitrogens is 3. The number of aryl methyl sites for hydroxylation is 1. The van der Waals surface area contributed by atoms with E-state index < -0.39 is 6.55 Å². The molecule has 4 rings (SSSR count). The number of rotatable bonds is 5. The van der Waals surface area contributed by atoms with Gasteiger partial charge >= 0.3 is 6.55 Å². The molecule has 0 spiro atoms. The van der Waals surface area contributed by atoms with Crippen LogP contribution in [0.25, 0.3) is 22.2 Å². The van der Waals surface area contributed by atoms with Gasteiger partial charge in [0.05, 0.1) is 23.4 Å². The van der Waals surface area contributed by atoms with Gasteiger partial charge in [0.2, 0.25) is 0 Å². The zero-order valence-electron chi connectivity index (χ0n) is 16.5. The largest absolute Gasteiger partial charge is 0.345 e. The number of hydrogen-bond donors (Lipinski definition) is 1. The number of fused-ring (bicyclic) bond motifs is 1. The van der Waals surface area contributed by atoms with Gasteiger partial charge in [-0.1, -0.05) is 36.4 Å². The molecule has 1 amide bonds. The third-order valence-corrected chi connectivity index (χ3v) is 5.05. The van der Waals surface area contributed by atoms with Gasteiger partial charge in [-0.25, -0.2) is 9.67 Å². The maximum absolute atomic E-state index is 12.9. The summed E-state index contributed by atoms with van der Waals surface area (Å²) in [7, 11) is 0. The number of hydrogen-bond acceptors (Lipinski definition) is 3. The van der Waals surface area contributed by atoms with Crippen LogP contribution in [0.1, 0.15) is 41.0 Å². The Morgan fingerprint density at radius 1 is 1.10 bits per heavy atom. The average molecular weight is 406 g/mol. The molecule has 0 saturated heterocycles. The van der Waals surface area contributed by atoms with Gasteiger partial charge in [0.15, 0.2) is 0 Å². The van der Waals surface area contributed by atoms with Gasteiger partial charge in [0.25, 0.3) is 5.91 Å². The van der Waals surface area contributed by atoms with E-state index in [1.165, 1.54) is 12.4 Å². The highest BCUT2D eigenvalue weighted by molar-refractivity contribution is 5.96. The van der Waals surface area contributed by atoms with Crippen molar-refractivity contribution >= 4 is 16.8 Å². The van der Waals surface area contributed by atoms with E-state index in [9.17, 15) is 13.6 Å². The zero-order chi connectivity index (χ0) is 21.3. The van der Waals surface area contributed by atoms with E-state index in [2.05, 4.69) is 15.4 Å². The normalized spacial score (nSPS) is 12.3. The summed E-state index contributed by atoms with van der Waals surface area (Å²) < 4.78 is 26.4. The van der Waals surface area contributed by atoms with E-state index in [-0.39, 0.29) is 11.9 Å². The summed E-state index contributed by atoms with van der Waals surface area (Å²) in [5.41, 5.74) is 4.07. The van der Waals surface area contributed by atoms with Crippen molar-refractivity contribution in [3.05, 3.63) is 83.7 Å². The van der Waals surface area contributed by atoms with Gasteiger partial charge in [-0.2, -0.15) is 13.9 Å². The molecule has 1 atom stereocenters. The predicted octanol–water partition coefficient (Wildman–Crippen LogP) is 5.29. The van der Waals surface area contributed by atoms with Gasteiger partial charge in [0, 0.05) is 22.7 Å². The fraction of sp³-hybridized carbons (Fsp3) is 0.174. The number of para-hydroxylation sites is 1. The molecule has 4 aromatic rings. The Morgan fingerprint density at radius 3 is 2.57 bits per heavy atom. The molecule has 2 heterocycles. The SMILES string of the molecule is Cc1ccccc1C(=O)NC(C)c1cc(-c2cnn(C(F)F)c2)nc2ccccc12. The number of nitrogens with zero attached hydrogens (tertiary/aromatic N) is 3. The van der Waals surface area contributed by atoms with E-state index in [1.54, 1.807) is 6.07 Å². The van der Waals surface area contributed by atoms with Crippen molar-refractivity contribution in [2.75, 3.05) is 0 Å². The highest BCUT2D eigenvalue weighted by atomic mass is 19.3. The first-order valence-electron chi connectivity index (χ1n) is 9.53. The molecule has 0 aliphatic rings. The maximum Gasteiger partial charge on any atom is 0.333 e. The molecule has 152 valence electrons. The molecular formula is C23H20F2N4O. The number of pyridine rings is 1. The Labute approximate surface area is 172 Å². The summed E-state index contributed by atoms with van der Waals surface area (Å²) in [5.74, 6) is -0.173. The van der Waals surface area contributed by atoms with Crippen molar-refractivity contribution in [1.29, 1.82) is 0 Å². The number of amides is 1. The van der Waals surface area contributed by atoms with Crippen LogP contribution in [0, 0.1) is 6.92 Å². The molecule has 0 aliphatic carbocycles. The number of nitrogens with one attached hydrogen (secondary N) is 1. The fourth-order valence-electron chi connectivity index (χ4n) is 3.47. The van der Waals surface area contributed by atoms with Crippen molar-refractivity contribution in [3.8, 4) is 11.3 Å². The van der Waals surface area contributed by atoms with Gasteiger partial charge in [0.1, 0.15) is 0 Å². The van der Waals surface area contributed by atoms with Crippen LogP contribution in [0.5, 0.6) is 0 Å². The fourth-order valence-corrected chi connectivity index (χ4v) is 3.47. The molecule has 0 saturated carbocycles. The molecule has 7 heteroatoms. The summed E-state index contributed by atoms with van der Waals surface area (Å²) >= 11 is 0. The number of carbonyl (C=O) groups is 1. The zero-order valence-corrected chi connectivity index (χ0v) is 16.5. The van der Waals surface area contributed by atoms with Crippen molar-refractivity contribution in [2.45, 2.75) is 26.4 Å². The minimum absolute atomic E-state index is 0.173. The quantitative estimate of drug-likeness (QED) is 0.490. The smallest absolute Gasteiger partial charge is 0.333 e. The summed E-state index contributed by atoms with van der Waals surface area (Å²) in [6, 6.07) is 16.4. The lowest BCUT2D eigenvalue weighted by atomic mass is 9.99. The van der Waals surface area contributed by atoms with Crippen molar-refractivity contribution in [2.24, 2.45) is 0 Å². The van der Waals surface area contributed by atoms with Crippen LogP contribution in [-0.4, -0.2) is 20.7 Å². The first kappa shape index (κ1) is 19.7. The van der Waals surface area contributed by atoms with Crippen LogP contribution in [0.2, 0.25) is 0 Å². The molecule has 0 fully saturated rings. The third-order valence-electron chi connectivity index (χ3n) is 5.05. The van der Waals surface area contributed by atoms with Crippen molar-refractivity contribution in [1.82, 2.24) is 20.1 Å². The van der Waals surface area contributed by atoms with Crippen LogP contribution < -0.4 is 5.32 Å². The molecule has 5 nitrogen and oxygen atoms in total. The minimum atomic E-state index is -2.72. The molecule has 0 aliphatic heterocycles. The van der Waals surface area contributed by atoms with E-state index in [4.69, 9.17) is 0 Å². The lowest BCUT2D eigenvalue weighted by Crippen LogP contribution is -2.27. The standard InChI is InChI=1S/C23H20F2N4O/c1-14-7-3-4-8-17(14)22(30)27-15(2)19-11-21(16-12-26-29(13-16)23(24)25)28-20-10-6-5-9-18(19)20/h3-13,15,23H,1-2H3,(H,27,30). The van der Waals surface area contributed by atoms with E-state index >= 15 is 0 Å². The first-order valence-corrected chi connectivity index (χ1v) is 9.53. The topological polar surface area (TPSA) is 59.8 Å². The molecule has 2 aromatic carbocycles. The summed E-state index contributed by atoms with van der Waals surface area (Å²) in [6.07, 6.45) is 2.63. The second-order valence-corrected chi connectivity index (χ2v) is 7.11. The van der Waals surface area contributed by atoms with E-state index in [0.29, 0.717) is 27.0 Å². The lowest BCUT2D eigenvalue weighted by Gasteiger charge is -2.18. The Kier molecular flexibility index (Phi) is 5.27. The number of halogens is 2. The number of carbonyl (C=O) groups excluding carboxylic acids is 1. The number of alkyl halides is 2. The molecule has 1 unspecified atom stereocenters. The van der Waals surface area contributed by atoms with Gasteiger partial charge < -0.3 is 5.32 Å². The predicted molar refractivity (Wildman–Crippen MR) is 111 cm³/mol. The summed E-state index contributed by atoms with van der Waals surface area (Å²) in [4.78, 5) is 17.4. The third kappa shape index (κ3) is 3.78. The number of benzene rings is 2. The lowest BCUT2D eigenvalue weighted by molar-refractivity contribution is 0.0566. The maximum atomic E-state index is 12.9. The average Bonchev–Trinajstić information content (AvgIpc) is 3.24. The highest BCUT2D eigenvalue weighted by Crippen LogP contribution is 2.29. The van der Waals surface area contributed by atoms with Gasteiger partial charge in [-0.3, -0.25) is 4.79 Å². The first-order chi connectivity index (χ1) is 14.4.